The van der Waals surface area contributed by atoms with Gasteiger partial charge in [-0.2, -0.15) is 4.68 Å². The topological polar surface area (TPSA) is 99.6 Å². The Morgan fingerprint density at radius 1 is 1.06 bits per heavy atom. The maximum Gasteiger partial charge on any atom is 0.190 e. The van der Waals surface area contributed by atoms with E-state index in [2.05, 4.69) is 20.5 Å². The summed E-state index contributed by atoms with van der Waals surface area (Å²) in [5.74, 6) is -2.89. The van der Waals surface area contributed by atoms with Gasteiger partial charge in [-0.25, -0.2) is 18.2 Å². The number of hydrogen-bond donors (Lipinski definition) is 1. The number of aromatic nitrogens is 5. The average molecular weight is 424 g/mol. The highest BCUT2D eigenvalue weighted by Crippen LogP contribution is 2.32. The first kappa shape index (κ1) is 20.2. The van der Waals surface area contributed by atoms with Crippen molar-refractivity contribution in [1.29, 1.82) is 0 Å². The van der Waals surface area contributed by atoms with Gasteiger partial charge in [0.05, 0.1) is 5.56 Å². The predicted octanol–water partition coefficient (Wildman–Crippen LogP) is 3.52. The van der Waals surface area contributed by atoms with Crippen molar-refractivity contribution in [3.63, 3.8) is 0 Å². The fourth-order valence-corrected chi connectivity index (χ4v) is 3.23. The van der Waals surface area contributed by atoms with Gasteiger partial charge in [-0.15, -0.1) is 5.10 Å². The first-order valence-electron chi connectivity index (χ1n) is 9.12. The lowest BCUT2D eigenvalue weighted by atomic mass is 9.96. The van der Waals surface area contributed by atoms with E-state index in [0.29, 0.717) is 11.1 Å². The fraction of sp³-hybridized carbons (Fsp3) is 0.0952. The number of carbonyl (C=O) groups is 1. The van der Waals surface area contributed by atoms with Crippen molar-refractivity contribution in [2.24, 2.45) is 0 Å². The van der Waals surface area contributed by atoms with E-state index in [1.54, 1.807) is 12.1 Å². The highest BCUT2D eigenvalue weighted by molar-refractivity contribution is 5.83. The van der Waals surface area contributed by atoms with E-state index in [-0.39, 0.29) is 40.7 Å². The van der Waals surface area contributed by atoms with Crippen molar-refractivity contribution >= 4 is 11.6 Å². The van der Waals surface area contributed by atoms with Gasteiger partial charge in [0.2, 0.25) is 0 Å². The number of halogens is 3. The van der Waals surface area contributed by atoms with Crippen molar-refractivity contribution in [2.45, 2.75) is 13.3 Å². The molecule has 4 aromatic rings. The zero-order chi connectivity index (χ0) is 22.1. The lowest BCUT2D eigenvalue weighted by molar-refractivity contribution is -0.116. The first-order chi connectivity index (χ1) is 14.9. The molecule has 4 rings (SSSR count). The summed E-state index contributed by atoms with van der Waals surface area (Å²) < 4.78 is 43.4. The van der Waals surface area contributed by atoms with Crippen LogP contribution in [0.15, 0.2) is 48.7 Å². The quantitative estimate of drug-likeness (QED) is 0.526. The second-order valence-corrected chi connectivity index (χ2v) is 6.79. The molecule has 0 fully saturated rings. The third-order valence-electron chi connectivity index (χ3n) is 4.64. The Bertz CT molecular complexity index is 1300. The third kappa shape index (κ3) is 3.75. The lowest BCUT2D eigenvalue weighted by Crippen LogP contribution is -2.06. The number of anilines is 1. The van der Waals surface area contributed by atoms with Crippen LogP contribution in [0.5, 0.6) is 0 Å². The summed E-state index contributed by atoms with van der Waals surface area (Å²) in [6.07, 6.45) is 1.32. The number of benzene rings is 2. The van der Waals surface area contributed by atoms with Gasteiger partial charge >= 0.3 is 0 Å². The number of hydrogen-bond acceptors (Lipinski definition) is 6. The molecule has 0 radical (unpaired) electrons. The van der Waals surface area contributed by atoms with E-state index >= 15 is 0 Å². The van der Waals surface area contributed by atoms with Crippen LogP contribution in [-0.4, -0.2) is 31.0 Å². The standard InChI is InChI=1S/C21H15F3N6O/c1-11(31)8-14-13(4-2-5-16(14)22)12-9-15(20(25)26-10-12)21-27-28-29-30(21)18-7-3-6-17(23)19(18)24/h2-7,9-10H,8H2,1H3,(H2,25,26). The largest absolute Gasteiger partial charge is 0.383 e. The number of ketones is 1. The summed E-state index contributed by atoms with van der Waals surface area (Å²) >= 11 is 0. The van der Waals surface area contributed by atoms with Crippen LogP contribution in [0.4, 0.5) is 19.0 Å². The first-order valence-corrected chi connectivity index (χ1v) is 9.12. The second kappa shape index (κ2) is 7.98. The van der Waals surface area contributed by atoms with E-state index in [4.69, 9.17) is 5.73 Å². The van der Waals surface area contributed by atoms with Gasteiger partial charge in [-0.1, -0.05) is 18.2 Å². The maximum absolute atomic E-state index is 14.4. The number of Topliss-reactive ketones (excluding diaryl/α,β-unsaturated/α-hetero) is 1. The van der Waals surface area contributed by atoms with Crippen LogP contribution >= 0.6 is 0 Å². The summed E-state index contributed by atoms with van der Waals surface area (Å²) in [4.78, 5) is 15.7. The second-order valence-electron chi connectivity index (χ2n) is 6.79. The molecule has 2 N–H and O–H groups in total. The molecule has 0 amide bonds. The highest BCUT2D eigenvalue weighted by Gasteiger charge is 2.20. The van der Waals surface area contributed by atoms with Crippen LogP contribution < -0.4 is 5.73 Å². The molecule has 2 aromatic heterocycles. The van der Waals surface area contributed by atoms with Gasteiger partial charge in [0.15, 0.2) is 17.5 Å². The van der Waals surface area contributed by atoms with E-state index < -0.39 is 17.5 Å². The monoisotopic (exact) mass is 424 g/mol. The van der Waals surface area contributed by atoms with E-state index in [1.165, 1.54) is 37.4 Å². The van der Waals surface area contributed by atoms with Gasteiger partial charge in [-0.05, 0) is 47.2 Å². The van der Waals surface area contributed by atoms with Crippen LogP contribution in [-0.2, 0) is 11.2 Å². The maximum atomic E-state index is 14.4. The molecule has 2 heterocycles. The van der Waals surface area contributed by atoms with Crippen molar-refractivity contribution in [3.05, 3.63) is 71.7 Å². The van der Waals surface area contributed by atoms with Crippen LogP contribution in [0.25, 0.3) is 28.2 Å². The molecule has 2 aromatic carbocycles. The number of pyridine rings is 1. The summed E-state index contributed by atoms with van der Waals surface area (Å²) in [7, 11) is 0. The molecule has 0 spiro atoms. The van der Waals surface area contributed by atoms with Crippen LogP contribution in [0.1, 0.15) is 12.5 Å². The molecule has 10 heteroatoms. The molecule has 0 saturated carbocycles. The van der Waals surface area contributed by atoms with Crippen LogP contribution in [0.3, 0.4) is 0 Å². The Balaban J connectivity index is 1.88. The number of nitrogens with zero attached hydrogens (tertiary/aromatic N) is 5. The average Bonchev–Trinajstić information content (AvgIpc) is 3.21. The molecule has 0 atom stereocenters. The SMILES string of the molecule is CC(=O)Cc1c(F)cccc1-c1cnc(N)c(-c2nnnn2-c2cccc(F)c2F)c1. The number of rotatable bonds is 5. The molecule has 156 valence electrons. The van der Waals surface area contributed by atoms with Gasteiger partial charge in [-0.3, -0.25) is 4.79 Å². The Labute approximate surface area is 174 Å². The summed E-state index contributed by atoms with van der Waals surface area (Å²) in [6.45, 7) is 1.37. The molecule has 7 nitrogen and oxygen atoms in total. The zero-order valence-electron chi connectivity index (χ0n) is 16.2. The number of tetrazole rings is 1. The highest BCUT2D eigenvalue weighted by atomic mass is 19.2. The summed E-state index contributed by atoms with van der Waals surface area (Å²) in [6, 6.07) is 9.58. The Hall–Kier alpha value is -4.08. The van der Waals surface area contributed by atoms with Gasteiger partial charge in [0, 0.05) is 23.7 Å². The molecular weight excluding hydrogens is 409 g/mol. The summed E-state index contributed by atoms with van der Waals surface area (Å²) in [5, 5.41) is 11.2. The third-order valence-corrected chi connectivity index (χ3v) is 4.64. The Kier molecular flexibility index (Phi) is 5.20. The minimum atomic E-state index is -1.13. The smallest absolute Gasteiger partial charge is 0.190 e. The minimum absolute atomic E-state index is 0.0147. The number of nitrogens with two attached hydrogens (primary N) is 1. The van der Waals surface area contributed by atoms with E-state index in [0.717, 1.165) is 10.7 Å². The Morgan fingerprint density at radius 2 is 1.81 bits per heavy atom. The minimum Gasteiger partial charge on any atom is -0.383 e. The van der Waals surface area contributed by atoms with Crippen molar-refractivity contribution in [1.82, 2.24) is 25.2 Å². The lowest BCUT2D eigenvalue weighted by Gasteiger charge is -2.12. The fourth-order valence-electron chi connectivity index (χ4n) is 3.23. The molecule has 0 saturated heterocycles. The summed E-state index contributed by atoms with van der Waals surface area (Å²) in [5.41, 5.74) is 7.13. The molecule has 0 aliphatic heterocycles. The van der Waals surface area contributed by atoms with Gasteiger partial charge < -0.3 is 5.73 Å². The number of nitrogen functional groups attached to an aromatic ring is 1. The van der Waals surface area contributed by atoms with Crippen LogP contribution in [0.2, 0.25) is 0 Å². The molecule has 0 unspecified atom stereocenters. The molecular formula is C21H15F3N6O. The van der Waals surface area contributed by atoms with E-state index in [1.807, 2.05) is 0 Å². The molecule has 0 aliphatic carbocycles. The van der Waals surface area contributed by atoms with Crippen molar-refractivity contribution in [2.75, 3.05) is 5.73 Å². The van der Waals surface area contributed by atoms with Crippen LogP contribution in [0, 0.1) is 17.5 Å². The predicted molar refractivity (Wildman–Crippen MR) is 106 cm³/mol. The van der Waals surface area contributed by atoms with Crippen molar-refractivity contribution in [3.8, 4) is 28.2 Å². The van der Waals surface area contributed by atoms with Gasteiger partial charge in [0.25, 0.3) is 0 Å². The zero-order valence-corrected chi connectivity index (χ0v) is 16.2. The van der Waals surface area contributed by atoms with Gasteiger partial charge in [0.1, 0.15) is 23.1 Å². The molecule has 31 heavy (non-hydrogen) atoms. The number of carbonyl (C=O) groups excluding carboxylic acids is 1. The molecule has 0 aliphatic rings. The molecule has 0 bridgehead atoms. The van der Waals surface area contributed by atoms with E-state index in [9.17, 15) is 18.0 Å². The normalized spacial score (nSPS) is 11.0. The van der Waals surface area contributed by atoms with Crippen molar-refractivity contribution < 1.29 is 18.0 Å². The Morgan fingerprint density at radius 3 is 2.58 bits per heavy atom.